The number of ether oxygens (including phenoxy) is 1. The lowest BCUT2D eigenvalue weighted by Crippen LogP contribution is -2.34. The molecule has 0 aliphatic heterocycles. The maximum atomic E-state index is 8.59. The summed E-state index contributed by atoms with van der Waals surface area (Å²) in [6.07, 6.45) is 0.363. The first-order valence-electron chi connectivity index (χ1n) is 7.33. The Morgan fingerprint density at radius 1 is 1.16 bits per heavy atom. The Hall–Kier alpha value is -0.240. The Morgan fingerprint density at radius 3 is 2.32 bits per heavy atom. The number of rotatable bonds is 11. The first kappa shape index (κ1) is 16.8. The molecular formula is C13H27N2O3P. The summed E-state index contributed by atoms with van der Waals surface area (Å²) in [5.74, 6) is 0. The molecule has 0 bridgehead atoms. The van der Waals surface area contributed by atoms with Gasteiger partial charge in [0.05, 0.1) is 32.3 Å². The van der Waals surface area contributed by atoms with Crippen molar-refractivity contribution in [2.75, 3.05) is 26.4 Å². The van der Waals surface area contributed by atoms with Crippen LogP contribution in [0.5, 0.6) is 0 Å². The van der Waals surface area contributed by atoms with Gasteiger partial charge in [-0.25, -0.2) is 4.67 Å². The lowest BCUT2D eigenvalue weighted by atomic mass is 10.3. The number of nitriles is 1. The third-order valence-electron chi connectivity index (χ3n) is 2.24. The van der Waals surface area contributed by atoms with E-state index in [-0.39, 0.29) is 6.90 Å². The molecule has 0 aliphatic carbocycles. The van der Waals surface area contributed by atoms with E-state index in [0.29, 0.717) is 44.9 Å². The summed E-state index contributed by atoms with van der Waals surface area (Å²) in [5, 5.41) is 8.59. The molecule has 112 valence electrons. The smallest absolute Gasteiger partial charge is 0.259 e. The Morgan fingerprint density at radius 2 is 1.79 bits per heavy atom. The van der Waals surface area contributed by atoms with Crippen LogP contribution < -0.4 is 0 Å². The molecule has 0 amide bonds. The van der Waals surface area contributed by atoms with Crippen LogP contribution >= 0.6 is 8.53 Å². The molecule has 0 N–H and O–H groups in total. The Balaban J connectivity index is 4.34. The molecule has 5 nitrogen and oxygen atoms in total. The molecular weight excluding hydrogens is 263 g/mol. The largest absolute Gasteiger partial charge is 0.379 e. The molecule has 0 saturated heterocycles. The van der Waals surface area contributed by atoms with Crippen molar-refractivity contribution >= 4 is 8.53 Å². The summed E-state index contributed by atoms with van der Waals surface area (Å²) < 4.78 is 25.9. The Labute approximate surface area is 120 Å². The molecule has 6 heteroatoms. The molecule has 0 fully saturated rings. The van der Waals surface area contributed by atoms with Crippen LogP contribution in [-0.2, 0) is 13.8 Å². The molecule has 0 rings (SSSR count). The summed E-state index contributed by atoms with van der Waals surface area (Å²) in [4.78, 5) is 0. The van der Waals surface area contributed by atoms with Crippen LogP contribution in [0.3, 0.4) is 0 Å². The molecule has 1 atom stereocenters. The normalized spacial score (nSPS) is 13.9. The molecule has 1 unspecified atom stereocenters. The predicted molar refractivity (Wildman–Crippen MR) is 77.7 cm³/mol. The van der Waals surface area contributed by atoms with Gasteiger partial charge in [-0.15, -0.1) is 0 Å². The monoisotopic (exact) mass is 291 g/mol. The van der Waals surface area contributed by atoms with Crippen molar-refractivity contribution in [3.63, 3.8) is 0 Å². The van der Waals surface area contributed by atoms with Gasteiger partial charge in [-0.1, -0.05) is 0 Å². The summed E-state index contributed by atoms with van der Waals surface area (Å²) in [6.45, 7) is 10.4. The summed E-state index contributed by atoms with van der Waals surface area (Å²) in [6, 6.07) is 2.68. The molecule has 0 aromatic rings. The molecule has 0 radical (unpaired) electrons. The second-order valence-electron chi connectivity index (χ2n) is 4.49. The Bertz CT molecular complexity index is 267. The van der Waals surface area contributed by atoms with Gasteiger partial charge in [-0.3, -0.25) is 0 Å². The van der Waals surface area contributed by atoms with Crippen LogP contribution in [0.4, 0.5) is 0 Å². The fraction of sp³-hybridized carbons (Fsp3) is 0.923. The van der Waals surface area contributed by atoms with E-state index in [0.717, 1.165) is 0 Å². The summed E-state index contributed by atoms with van der Waals surface area (Å²) in [5.41, 5.74) is 0. The number of nitrogens with zero attached hydrogens (tertiary/aromatic N) is 2. The van der Waals surface area contributed by atoms with Crippen molar-refractivity contribution in [1.82, 2.24) is 4.67 Å². The molecule has 0 saturated carbocycles. The molecule has 19 heavy (non-hydrogen) atoms. The highest BCUT2D eigenvalue weighted by atomic mass is 31.2. The maximum Gasteiger partial charge on any atom is 0.259 e. The topological polar surface area (TPSA) is 54.7 Å². The zero-order chi connectivity index (χ0) is 15.4. The fourth-order valence-electron chi connectivity index (χ4n) is 1.59. The standard InChI is InChI=1S/C13H27N2O3P/c1-6-16-10-11-18-19(17-9-7-8-14)15(12(2)3)13(4)5/h12-13H,6-7,9-11H2,1-5H3/i1D. The highest BCUT2D eigenvalue weighted by molar-refractivity contribution is 7.44. The van der Waals surface area contributed by atoms with Crippen LogP contribution in [0.25, 0.3) is 0 Å². The molecule has 0 spiro atoms. The minimum atomic E-state index is -1.18. The third kappa shape index (κ3) is 8.52. The van der Waals surface area contributed by atoms with E-state index in [1.165, 1.54) is 0 Å². The highest BCUT2D eigenvalue weighted by Gasteiger charge is 2.26. The van der Waals surface area contributed by atoms with Gasteiger partial charge in [0.2, 0.25) is 0 Å². The first-order chi connectivity index (χ1) is 9.54. The van der Waals surface area contributed by atoms with Crippen molar-refractivity contribution in [1.29, 1.82) is 5.26 Å². The minimum absolute atomic E-state index is 0.261. The molecule has 0 aromatic heterocycles. The van der Waals surface area contributed by atoms with E-state index in [9.17, 15) is 0 Å². The summed E-state index contributed by atoms with van der Waals surface area (Å²) >= 11 is 0. The van der Waals surface area contributed by atoms with Crippen molar-refractivity contribution in [3.05, 3.63) is 0 Å². The van der Waals surface area contributed by atoms with Gasteiger partial charge in [0.15, 0.2) is 0 Å². The average molecular weight is 291 g/mol. The first-order valence-corrected chi connectivity index (χ1v) is 7.75. The van der Waals surface area contributed by atoms with E-state index in [4.69, 9.17) is 20.4 Å². The average Bonchev–Trinajstić information content (AvgIpc) is 2.37. The van der Waals surface area contributed by atoms with Gasteiger partial charge in [-0.2, -0.15) is 5.26 Å². The summed E-state index contributed by atoms with van der Waals surface area (Å²) in [7, 11) is -1.18. The molecule has 0 heterocycles. The Kier molecular flexibility index (Phi) is 10.2. The lowest BCUT2D eigenvalue weighted by Gasteiger charge is -2.35. The highest BCUT2D eigenvalue weighted by Crippen LogP contribution is 2.45. The van der Waals surface area contributed by atoms with Crippen LogP contribution in [-0.4, -0.2) is 43.2 Å². The van der Waals surface area contributed by atoms with Gasteiger partial charge in [0.25, 0.3) is 8.53 Å². The number of hydrogen-bond donors (Lipinski definition) is 0. The zero-order valence-corrected chi connectivity index (χ0v) is 13.4. The maximum absolute atomic E-state index is 8.59. The lowest BCUT2D eigenvalue weighted by molar-refractivity contribution is 0.0955. The van der Waals surface area contributed by atoms with E-state index in [1.54, 1.807) is 0 Å². The van der Waals surface area contributed by atoms with E-state index >= 15 is 0 Å². The van der Waals surface area contributed by atoms with Crippen molar-refractivity contribution in [2.24, 2.45) is 0 Å². The molecule has 0 aliphatic rings. The molecule has 0 aromatic carbocycles. The second-order valence-corrected chi connectivity index (χ2v) is 5.95. The van der Waals surface area contributed by atoms with Crippen LogP contribution in [0.1, 0.15) is 42.4 Å². The quantitative estimate of drug-likeness (QED) is 0.432. The second kappa shape index (κ2) is 11.6. The van der Waals surface area contributed by atoms with Crippen LogP contribution in [0.2, 0.25) is 0 Å². The van der Waals surface area contributed by atoms with Crippen LogP contribution in [0, 0.1) is 11.3 Å². The SMILES string of the molecule is [2H]CCOCCOP(OCCC#N)N(C(C)C)C(C)C. The van der Waals surface area contributed by atoms with Gasteiger partial charge in [0.1, 0.15) is 0 Å². The minimum Gasteiger partial charge on any atom is -0.379 e. The van der Waals surface area contributed by atoms with Gasteiger partial charge < -0.3 is 13.8 Å². The predicted octanol–water partition coefficient (Wildman–Crippen LogP) is 3.32. The van der Waals surface area contributed by atoms with Crippen molar-refractivity contribution in [2.45, 2.75) is 53.1 Å². The van der Waals surface area contributed by atoms with Crippen LogP contribution in [0.15, 0.2) is 0 Å². The number of hydrogen-bond acceptors (Lipinski definition) is 5. The van der Waals surface area contributed by atoms with Gasteiger partial charge in [-0.05, 0) is 34.6 Å². The van der Waals surface area contributed by atoms with Crippen molar-refractivity contribution in [3.8, 4) is 6.07 Å². The van der Waals surface area contributed by atoms with E-state index in [1.807, 2.05) is 0 Å². The van der Waals surface area contributed by atoms with E-state index < -0.39 is 8.53 Å². The third-order valence-corrected chi connectivity index (χ3v) is 4.34. The van der Waals surface area contributed by atoms with Crippen molar-refractivity contribution < 1.29 is 15.2 Å². The fourth-order valence-corrected chi connectivity index (χ4v) is 3.16. The zero-order valence-electron chi connectivity index (χ0n) is 13.5. The van der Waals surface area contributed by atoms with E-state index in [2.05, 4.69) is 38.4 Å². The van der Waals surface area contributed by atoms with Gasteiger partial charge in [0, 0.05) is 20.1 Å². The van der Waals surface area contributed by atoms with Gasteiger partial charge >= 0.3 is 0 Å².